The lowest BCUT2D eigenvalue weighted by Crippen LogP contribution is -2.47. The third-order valence-corrected chi connectivity index (χ3v) is 6.26. The summed E-state index contributed by atoms with van der Waals surface area (Å²) in [5.74, 6) is -6.37. The number of piperidine rings is 1. The number of aryl methyl sites for hydroxylation is 1. The maximum absolute atomic E-state index is 15.0. The summed E-state index contributed by atoms with van der Waals surface area (Å²) >= 11 is 0. The molecule has 1 unspecified atom stereocenters. The van der Waals surface area contributed by atoms with E-state index >= 15 is 8.78 Å². The smallest absolute Gasteiger partial charge is 0.427 e. The van der Waals surface area contributed by atoms with Crippen molar-refractivity contribution >= 4 is 18.9 Å². The third kappa shape index (κ3) is 4.78. The fraction of sp³-hybridized carbons (Fsp3) is 0.524. The molecule has 1 saturated heterocycles. The SMILES string of the molecule is CC1=CC(NC(=O)c2cc(C(F)(F)C(=O)N3CCC(B(O)O)CC3)n(C)c2)=CCC1(C)F. The Bertz CT molecular complexity index is 963. The second-order valence-corrected chi connectivity index (χ2v) is 8.69. The minimum atomic E-state index is -3.87. The number of halogens is 3. The van der Waals surface area contributed by atoms with E-state index in [2.05, 4.69) is 5.32 Å². The van der Waals surface area contributed by atoms with E-state index in [-0.39, 0.29) is 37.9 Å². The molecular formula is C21H27BF3N3O4. The van der Waals surface area contributed by atoms with Crippen LogP contribution in [0, 0.1) is 0 Å². The zero-order chi connectivity index (χ0) is 23.8. The Morgan fingerprint density at radius 3 is 2.47 bits per heavy atom. The molecule has 0 radical (unpaired) electrons. The van der Waals surface area contributed by atoms with Gasteiger partial charge in [-0.05, 0) is 50.2 Å². The van der Waals surface area contributed by atoms with Crippen LogP contribution in [0.4, 0.5) is 13.2 Å². The van der Waals surface area contributed by atoms with Crippen LogP contribution in [0.2, 0.25) is 5.82 Å². The summed E-state index contributed by atoms with van der Waals surface area (Å²) in [4.78, 5) is 26.1. The number of aromatic nitrogens is 1. The summed E-state index contributed by atoms with van der Waals surface area (Å²) in [5.41, 5.74) is -1.36. The quantitative estimate of drug-likeness (QED) is 0.597. The van der Waals surface area contributed by atoms with Gasteiger partial charge in [0, 0.05) is 38.5 Å². The third-order valence-electron chi connectivity index (χ3n) is 6.26. The molecule has 1 fully saturated rings. The zero-order valence-corrected chi connectivity index (χ0v) is 18.2. The Kier molecular flexibility index (Phi) is 6.62. The van der Waals surface area contributed by atoms with Gasteiger partial charge in [0.25, 0.3) is 11.8 Å². The topological polar surface area (TPSA) is 94.8 Å². The van der Waals surface area contributed by atoms with Crippen LogP contribution in [0.1, 0.15) is 49.2 Å². The first-order valence-electron chi connectivity index (χ1n) is 10.4. The average Bonchev–Trinajstić information content (AvgIpc) is 3.13. The van der Waals surface area contributed by atoms with Gasteiger partial charge in [0.05, 0.1) is 11.3 Å². The highest BCUT2D eigenvalue weighted by Crippen LogP contribution is 2.34. The molecule has 1 aromatic heterocycles. The summed E-state index contributed by atoms with van der Waals surface area (Å²) in [6.07, 6.45) is 4.73. The van der Waals surface area contributed by atoms with Gasteiger partial charge in [-0.2, -0.15) is 8.78 Å². The number of alkyl halides is 3. The number of carbonyl (C=O) groups is 2. The van der Waals surface area contributed by atoms with Gasteiger partial charge in [0.1, 0.15) is 5.67 Å². The van der Waals surface area contributed by atoms with E-state index in [1.165, 1.54) is 32.3 Å². The number of rotatable bonds is 5. The molecule has 3 rings (SSSR count). The molecule has 1 aromatic rings. The summed E-state index contributed by atoms with van der Waals surface area (Å²) < 4.78 is 45.3. The van der Waals surface area contributed by atoms with E-state index in [1.807, 2.05) is 0 Å². The fourth-order valence-corrected chi connectivity index (χ4v) is 3.91. The van der Waals surface area contributed by atoms with Crippen LogP contribution in [0.15, 0.2) is 35.7 Å². The van der Waals surface area contributed by atoms with Crippen molar-refractivity contribution in [3.8, 4) is 0 Å². The Hall–Kier alpha value is -2.53. The van der Waals surface area contributed by atoms with E-state index in [4.69, 9.17) is 0 Å². The lowest BCUT2D eigenvalue weighted by Gasteiger charge is -2.33. The fourth-order valence-electron chi connectivity index (χ4n) is 3.91. The molecule has 0 spiro atoms. The van der Waals surface area contributed by atoms with Gasteiger partial charge >= 0.3 is 13.0 Å². The van der Waals surface area contributed by atoms with Crippen molar-refractivity contribution in [1.82, 2.24) is 14.8 Å². The highest BCUT2D eigenvalue weighted by molar-refractivity contribution is 6.43. The minimum Gasteiger partial charge on any atom is -0.427 e. The van der Waals surface area contributed by atoms with E-state index in [0.29, 0.717) is 11.3 Å². The van der Waals surface area contributed by atoms with Crippen LogP contribution in [-0.2, 0) is 17.8 Å². The molecule has 0 bridgehead atoms. The minimum absolute atomic E-state index is 0.0121. The molecule has 174 valence electrons. The first-order chi connectivity index (χ1) is 14.8. The highest BCUT2D eigenvalue weighted by Gasteiger charge is 2.47. The first kappa shape index (κ1) is 24.1. The molecule has 1 aliphatic heterocycles. The standard InChI is InChI=1S/C21H27BF3N3O4/c1-13-10-16(4-7-20(13,2)23)26-18(29)14-11-17(27(3)12-14)21(24,25)19(30)28-8-5-15(6-9-28)22(31)32/h4,10-12,15,31-32H,5-9H2,1-3H3,(H,26,29). The van der Waals surface area contributed by atoms with Crippen LogP contribution < -0.4 is 5.32 Å². The summed E-state index contributed by atoms with van der Waals surface area (Å²) in [6.45, 7) is 3.02. The van der Waals surface area contributed by atoms with Crippen molar-refractivity contribution < 1.29 is 32.8 Å². The maximum Gasteiger partial charge on any atom is 0.454 e. The van der Waals surface area contributed by atoms with Gasteiger partial charge in [-0.1, -0.05) is 6.08 Å². The monoisotopic (exact) mass is 453 g/mol. The van der Waals surface area contributed by atoms with Crippen molar-refractivity contribution in [2.24, 2.45) is 7.05 Å². The maximum atomic E-state index is 15.0. The number of carbonyl (C=O) groups excluding carboxylic acids is 2. The lowest BCUT2D eigenvalue weighted by molar-refractivity contribution is -0.160. The molecular weight excluding hydrogens is 426 g/mol. The predicted octanol–water partition coefficient (Wildman–Crippen LogP) is 2.27. The molecule has 1 atom stereocenters. The van der Waals surface area contributed by atoms with Gasteiger partial charge < -0.3 is 24.8 Å². The molecule has 2 amide bonds. The van der Waals surface area contributed by atoms with Crippen LogP contribution >= 0.6 is 0 Å². The van der Waals surface area contributed by atoms with Gasteiger partial charge in [0.2, 0.25) is 0 Å². The number of nitrogens with zero attached hydrogens (tertiary/aromatic N) is 2. The molecule has 0 saturated carbocycles. The zero-order valence-electron chi connectivity index (χ0n) is 18.2. The Balaban J connectivity index is 1.72. The second-order valence-electron chi connectivity index (χ2n) is 8.69. The summed E-state index contributed by atoms with van der Waals surface area (Å²) in [7, 11) is -0.224. The van der Waals surface area contributed by atoms with Crippen LogP contribution in [-0.4, -0.2) is 57.2 Å². The van der Waals surface area contributed by atoms with E-state index in [1.54, 1.807) is 6.92 Å². The van der Waals surface area contributed by atoms with E-state index in [9.17, 15) is 24.0 Å². The number of nitrogens with one attached hydrogen (secondary N) is 1. The molecule has 1 aliphatic carbocycles. The molecule has 11 heteroatoms. The van der Waals surface area contributed by atoms with Crippen molar-refractivity contribution in [1.29, 1.82) is 0 Å². The Labute approximate surface area is 184 Å². The highest BCUT2D eigenvalue weighted by atomic mass is 19.3. The average molecular weight is 453 g/mol. The van der Waals surface area contributed by atoms with Crippen LogP contribution in [0.25, 0.3) is 0 Å². The lowest BCUT2D eigenvalue weighted by atomic mass is 9.67. The van der Waals surface area contributed by atoms with Crippen molar-refractivity contribution in [3.05, 3.63) is 46.9 Å². The normalized spacial score (nSPS) is 22.3. The van der Waals surface area contributed by atoms with E-state index in [0.717, 1.165) is 15.5 Å². The summed E-state index contributed by atoms with van der Waals surface area (Å²) in [5, 5.41) is 21.0. The van der Waals surface area contributed by atoms with Gasteiger partial charge in [-0.3, -0.25) is 9.59 Å². The van der Waals surface area contributed by atoms with Gasteiger partial charge in [0.15, 0.2) is 0 Å². The van der Waals surface area contributed by atoms with Gasteiger partial charge in [-0.25, -0.2) is 4.39 Å². The van der Waals surface area contributed by atoms with Crippen LogP contribution in [0.5, 0.6) is 0 Å². The molecule has 0 aromatic carbocycles. The number of amides is 2. The predicted molar refractivity (Wildman–Crippen MR) is 112 cm³/mol. The molecule has 7 nitrogen and oxygen atoms in total. The largest absolute Gasteiger partial charge is 0.454 e. The number of hydrogen-bond acceptors (Lipinski definition) is 4. The Morgan fingerprint density at radius 2 is 1.91 bits per heavy atom. The Morgan fingerprint density at radius 1 is 1.28 bits per heavy atom. The number of hydrogen-bond donors (Lipinski definition) is 3. The second kappa shape index (κ2) is 8.78. The van der Waals surface area contributed by atoms with Crippen molar-refractivity contribution in [3.63, 3.8) is 0 Å². The molecule has 32 heavy (non-hydrogen) atoms. The van der Waals surface area contributed by atoms with Crippen molar-refractivity contribution in [2.45, 2.75) is 50.5 Å². The van der Waals surface area contributed by atoms with E-state index < -0.39 is 42.0 Å². The molecule has 3 N–H and O–H groups in total. The summed E-state index contributed by atoms with van der Waals surface area (Å²) in [6, 6.07) is 0.969. The number of allylic oxidation sites excluding steroid dienone is 3. The van der Waals surface area contributed by atoms with Crippen molar-refractivity contribution in [2.75, 3.05) is 13.1 Å². The first-order valence-corrected chi connectivity index (χ1v) is 10.4. The number of likely N-dealkylation sites (tertiary alicyclic amines) is 1. The molecule has 2 heterocycles. The molecule has 2 aliphatic rings. The van der Waals surface area contributed by atoms with Crippen LogP contribution in [0.3, 0.4) is 0 Å². The van der Waals surface area contributed by atoms with Gasteiger partial charge in [-0.15, -0.1) is 0 Å².